The number of carbonyl (C=O) groups excluding carboxylic acids is 1. The summed E-state index contributed by atoms with van der Waals surface area (Å²) in [5.74, 6) is -0.159. The van der Waals surface area contributed by atoms with Crippen molar-refractivity contribution in [2.75, 3.05) is 0 Å². The second-order valence-corrected chi connectivity index (χ2v) is 6.67. The molecule has 1 aromatic heterocycles. The van der Waals surface area contributed by atoms with Gasteiger partial charge in [0.15, 0.2) is 0 Å². The molecule has 4 aromatic rings. The molecule has 0 spiro atoms. The number of benzene rings is 3. The number of nitrogens with zero attached hydrogens (tertiary/aromatic N) is 1. The maximum absolute atomic E-state index is 12.8. The minimum Gasteiger partial charge on any atom is -0.345 e. The predicted octanol–water partition coefficient (Wildman–Crippen LogP) is 3.99. The summed E-state index contributed by atoms with van der Waals surface area (Å²) in [5.41, 5.74) is 2.94. The van der Waals surface area contributed by atoms with Crippen molar-refractivity contribution in [1.82, 2.24) is 14.9 Å². The van der Waals surface area contributed by atoms with Crippen molar-refractivity contribution in [3.63, 3.8) is 0 Å². The van der Waals surface area contributed by atoms with Gasteiger partial charge in [-0.2, -0.15) is 0 Å². The highest BCUT2D eigenvalue weighted by atomic mass is 16.2. The summed E-state index contributed by atoms with van der Waals surface area (Å²) in [5, 5.41) is 5.36. The number of aromatic amines is 1. The molecule has 5 nitrogen and oxygen atoms in total. The first-order chi connectivity index (χ1) is 13.1. The summed E-state index contributed by atoms with van der Waals surface area (Å²) in [6, 6.07) is 19.4. The number of aromatic nitrogens is 2. The fourth-order valence-electron chi connectivity index (χ4n) is 3.59. The molecule has 5 heteroatoms. The third-order valence-corrected chi connectivity index (χ3v) is 4.99. The minimum absolute atomic E-state index is 0.140. The molecule has 3 aromatic carbocycles. The predicted molar refractivity (Wildman–Crippen MR) is 108 cm³/mol. The first kappa shape index (κ1) is 17.1. The van der Waals surface area contributed by atoms with Gasteiger partial charge in [-0.3, -0.25) is 9.36 Å². The first-order valence-corrected chi connectivity index (χ1v) is 9.09. The third kappa shape index (κ3) is 3.01. The summed E-state index contributed by atoms with van der Waals surface area (Å²) in [4.78, 5) is 27.6. The fourth-order valence-corrected chi connectivity index (χ4v) is 3.59. The topological polar surface area (TPSA) is 66.9 Å². The summed E-state index contributed by atoms with van der Waals surface area (Å²) in [6.45, 7) is 4.44. The summed E-state index contributed by atoms with van der Waals surface area (Å²) in [7, 11) is 0. The van der Waals surface area contributed by atoms with Gasteiger partial charge in [-0.25, -0.2) is 4.79 Å². The van der Waals surface area contributed by atoms with E-state index in [1.807, 2.05) is 38.1 Å². The molecule has 0 aliphatic carbocycles. The molecule has 0 bridgehead atoms. The number of aryl methyl sites for hydroxylation is 1. The Morgan fingerprint density at radius 2 is 1.89 bits per heavy atom. The summed E-state index contributed by atoms with van der Waals surface area (Å²) >= 11 is 0. The Morgan fingerprint density at radius 3 is 2.70 bits per heavy atom. The zero-order chi connectivity index (χ0) is 19.0. The Bertz CT molecular complexity index is 1200. The van der Waals surface area contributed by atoms with E-state index in [0.29, 0.717) is 12.1 Å². The minimum atomic E-state index is -0.159. The lowest BCUT2D eigenvalue weighted by molar-refractivity contribution is 0.0940. The van der Waals surface area contributed by atoms with E-state index >= 15 is 0 Å². The maximum Gasteiger partial charge on any atom is 0.326 e. The Morgan fingerprint density at radius 1 is 1.11 bits per heavy atom. The fraction of sp³-hybridized carbons (Fsp3) is 0.182. The average Bonchev–Trinajstić information content (AvgIpc) is 3.01. The van der Waals surface area contributed by atoms with Crippen LogP contribution in [0.4, 0.5) is 0 Å². The largest absolute Gasteiger partial charge is 0.345 e. The molecule has 4 rings (SSSR count). The van der Waals surface area contributed by atoms with Gasteiger partial charge in [-0.1, -0.05) is 42.5 Å². The van der Waals surface area contributed by atoms with Crippen molar-refractivity contribution < 1.29 is 4.79 Å². The van der Waals surface area contributed by atoms with Crippen molar-refractivity contribution in [3.8, 4) is 0 Å². The van der Waals surface area contributed by atoms with Gasteiger partial charge in [0, 0.05) is 12.1 Å². The Kier molecular flexibility index (Phi) is 4.28. The number of hydrogen-bond donors (Lipinski definition) is 2. The van der Waals surface area contributed by atoms with E-state index in [-0.39, 0.29) is 17.6 Å². The Labute approximate surface area is 156 Å². The number of fused-ring (bicyclic) bond motifs is 2. The number of nitrogens with one attached hydrogen (secondary N) is 2. The molecule has 136 valence electrons. The van der Waals surface area contributed by atoms with Crippen LogP contribution in [0.2, 0.25) is 0 Å². The lowest BCUT2D eigenvalue weighted by Crippen LogP contribution is -2.26. The van der Waals surface area contributed by atoms with Crippen molar-refractivity contribution in [2.24, 2.45) is 0 Å². The van der Waals surface area contributed by atoms with Gasteiger partial charge in [-0.15, -0.1) is 0 Å². The molecule has 0 aliphatic rings. The van der Waals surface area contributed by atoms with E-state index in [0.717, 1.165) is 27.4 Å². The standard InChI is InChI=1S/C22H21N3O2/c1-3-25-20-13-16(11-12-19(20)24-22(25)27)21(26)23-14(2)17-10-6-8-15-7-4-5-9-18(15)17/h4-14H,3H2,1-2H3,(H,23,26)(H,24,27)/t14-/m1/s1. The van der Waals surface area contributed by atoms with Gasteiger partial charge in [0.05, 0.1) is 17.1 Å². The van der Waals surface area contributed by atoms with E-state index in [2.05, 4.69) is 28.5 Å². The van der Waals surface area contributed by atoms with Crippen LogP contribution in [0.5, 0.6) is 0 Å². The molecule has 1 heterocycles. The van der Waals surface area contributed by atoms with Crippen molar-refractivity contribution in [2.45, 2.75) is 26.4 Å². The highest BCUT2D eigenvalue weighted by Gasteiger charge is 2.15. The lowest BCUT2D eigenvalue weighted by Gasteiger charge is -2.17. The van der Waals surface area contributed by atoms with Crippen LogP contribution >= 0.6 is 0 Å². The first-order valence-electron chi connectivity index (χ1n) is 9.09. The van der Waals surface area contributed by atoms with E-state index in [1.54, 1.807) is 22.8 Å². The van der Waals surface area contributed by atoms with Gasteiger partial charge >= 0.3 is 5.69 Å². The van der Waals surface area contributed by atoms with Crippen LogP contribution in [0, 0.1) is 0 Å². The van der Waals surface area contributed by atoms with Crippen molar-refractivity contribution in [3.05, 3.63) is 82.3 Å². The Balaban J connectivity index is 1.65. The second kappa shape index (κ2) is 6.76. The molecule has 1 amide bonds. The molecule has 0 unspecified atom stereocenters. The smallest absolute Gasteiger partial charge is 0.326 e. The molecule has 0 aliphatic heterocycles. The van der Waals surface area contributed by atoms with Crippen LogP contribution in [0.15, 0.2) is 65.5 Å². The van der Waals surface area contributed by atoms with Gasteiger partial charge in [0.1, 0.15) is 0 Å². The van der Waals surface area contributed by atoms with Crippen LogP contribution in [-0.2, 0) is 6.54 Å². The number of carbonyl (C=O) groups is 1. The van der Waals surface area contributed by atoms with Gasteiger partial charge < -0.3 is 10.3 Å². The monoisotopic (exact) mass is 359 g/mol. The summed E-state index contributed by atoms with van der Waals surface area (Å²) in [6.07, 6.45) is 0. The van der Waals surface area contributed by atoms with Crippen LogP contribution in [0.1, 0.15) is 35.8 Å². The number of imidazole rings is 1. The molecule has 1 atom stereocenters. The lowest BCUT2D eigenvalue weighted by atomic mass is 9.99. The third-order valence-electron chi connectivity index (χ3n) is 4.99. The quantitative estimate of drug-likeness (QED) is 0.578. The SMILES string of the molecule is CCn1c(=O)[nH]c2ccc(C(=O)N[C@H](C)c3cccc4ccccc34)cc21. The summed E-state index contributed by atoms with van der Waals surface area (Å²) < 4.78 is 1.63. The van der Waals surface area contributed by atoms with Crippen LogP contribution in [0.3, 0.4) is 0 Å². The second-order valence-electron chi connectivity index (χ2n) is 6.67. The van der Waals surface area contributed by atoms with E-state index in [1.165, 1.54) is 0 Å². The Hall–Kier alpha value is -3.34. The average molecular weight is 359 g/mol. The van der Waals surface area contributed by atoms with Crippen molar-refractivity contribution in [1.29, 1.82) is 0 Å². The molecular weight excluding hydrogens is 338 g/mol. The van der Waals surface area contributed by atoms with Crippen molar-refractivity contribution >= 4 is 27.7 Å². The maximum atomic E-state index is 12.8. The van der Waals surface area contributed by atoms with Gasteiger partial charge in [-0.05, 0) is 48.4 Å². The number of rotatable bonds is 4. The van der Waals surface area contributed by atoms with E-state index in [4.69, 9.17) is 0 Å². The highest BCUT2D eigenvalue weighted by molar-refractivity contribution is 5.98. The number of hydrogen-bond acceptors (Lipinski definition) is 2. The van der Waals surface area contributed by atoms with Gasteiger partial charge in [0.2, 0.25) is 0 Å². The zero-order valence-electron chi connectivity index (χ0n) is 15.3. The zero-order valence-corrected chi connectivity index (χ0v) is 15.3. The van der Waals surface area contributed by atoms with Crippen LogP contribution in [-0.4, -0.2) is 15.5 Å². The molecule has 0 saturated carbocycles. The van der Waals surface area contributed by atoms with Gasteiger partial charge in [0.25, 0.3) is 5.91 Å². The molecule has 27 heavy (non-hydrogen) atoms. The molecule has 2 N–H and O–H groups in total. The molecular formula is C22H21N3O2. The number of H-pyrrole nitrogens is 1. The van der Waals surface area contributed by atoms with Crippen LogP contribution < -0.4 is 11.0 Å². The molecule has 0 saturated heterocycles. The normalized spacial score (nSPS) is 12.4. The highest BCUT2D eigenvalue weighted by Crippen LogP contribution is 2.24. The molecule has 0 fully saturated rings. The van der Waals surface area contributed by atoms with Crippen LogP contribution in [0.25, 0.3) is 21.8 Å². The van der Waals surface area contributed by atoms with E-state index < -0.39 is 0 Å². The number of amides is 1. The molecule has 0 radical (unpaired) electrons. The van der Waals surface area contributed by atoms with E-state index in [9.17, 15) is 9.59 Å².